The SMILES string of the molecule is CC#CC.CC(C)=CC=C(C)C.Cc1ccccc1. The van der Waals surface area contributed by atoms with Gasteiger partial charge in [-0.05, 0) is 48.5 Å². The summed E-state index contributed by atoms with van der Waals surface area (Å²) in [5.74, 6) is 5.36. The monoisotopic (exact) mass is 256 g/mol. The van der Waals surface area contributed by atoms with Crippen LogP contribution in [0.1, 0.15) is 47.1 Å². The van der Waals surface area contributed by atoms with Crippen molar-refractivity contribution in [3.05, 3.63) is 59.2 Å². The fourth-order valence-corrected chi connectivity index (χ4v) is 0.868. The minimum absolute atomic E-state index is 1.32. The van der Waals surface area contributed by atoms with Gasteiger partial charge in [-0.15, -0.1) is 11.8 Å². The van der Waals surface area contributed by atoms with E-state index in [1.54, 1.807) is 0 Å². The van der Waals surface area contributed by atoms with Crippen molar-refractivity contribution < 1.29 is 0 Å². The van der Waals surface area contributed by atoms with Gasteiger partial charge in [0.2, 0.25) is 0 Å². The molecule has 0 aliphatic heterocycles. The van der Waals surface area contributed by atoms with Gasteiger partial charge >= 0.3 is 0 Å². The van der Waals surface area contributed by atoms with Gasteiger partial charge in [-0.25, -0.2) is 0 Å². The van der Waals surface area contributed by atoms with Gasteiger partial charge in [0.1, 0.15) is 0 Å². The molecule has 0 amide bonds. The number of hydrogen-bond acceptors (Lipinski definition) is 0. The van der Waals surface area contributed by atoms with E-state index in [4.69, 9.17) is 0 Å². The van der Waals surface area contributed by atoms with E-state index >= 15 is 0 Å². The minimum atomic E-state index is 1.32. The molecule has 0 heteroatoms. The van der Waals surface area contributed by atoms with Crippen molar-refractivity contribution in [3.8, 4) is 11.8 Å². The average Bonchev–Trinajstić information content (AvgIpc) is 2.38. The summed E-state index contributed by atoms with van der Waals surface area (Å²) in [6.07, 6.45) is 4.24. The highest BCUT2D eigenvalue weighted by atomic mass is 13.8. The van der Waals surface area contributed by atoms with Crippen LogP contribution in [0.5, 0.6) is 0 Å². The van der Waals surface area contributed by atoms with Crippen molar-refractivity contribution in [1.82, 2.24) is 0 Å². The molecule has 0 heterocycles. The molecule has 0 radical (unpaired) electrons. The molecule has 0 N–H and O–H groups in total. The van der Waals surface area contributed by atoms with Gasteiger partial charge in [-0.3, -0.25) is 0 Å². The fraction of sp³-hybridized carbons (Fsp3) is 0.368. The lowest BCUT2D eigenvalue weighted by Gasteiger charge is -1.84. The molecule has 0 saturated heterocycles. The second kappa shape index (κ2) is 14.3. The molecule has 1 aromatic carbocycles. The molecule has 0 atom stereocenters. The maximum atomic E-state index is 2.68. The zero-order chi connectivity index (χ0) is 15.1. The third-order valence-electron chi connectivity index (χ3n) is 1.94. The molecule has 104 valence electrons. The first-order chi connectivity index (χ1) is 8.93. The Morgan fingerprint density at radius 2 is 1.16 bits per heavy atom. The number of aryl methyl sites for hydroxylation is 1. The lowest BCUT2D eigenvalue weighted by Crippen LogP contribution is -1.62. The van der Waals surface area contributed by atoms with Crippen molar-refractivity contribution in [1.29, 1.82) is 0 Å². The van der Waals surface area contributed by atoms with E-state index in [9.17, 15) is 0 Å². The van der Waals surface area contributed by atoms with Crippen LogP contribution in [0, 0.1) is 18.8 Å². The predicted molar refractivity (Wildman–Crippen MR) is 89.2 cm³/mol. The Morgan fingerprint density at radius 1 is 0.789 bits per heavy atom. The van der Waals surface area contributed by atoms with Gasteiger partial charge in [0.15, 0.2) is 0 Å². The molecule has 1 aromatic rings. The van der Waals surface area contributed by atoms with Crippen LogP contribution in [0.4, 0.5) is 0 Å². The molecular formula is C19H28. The molecular weight excluding hydrogens is 228 g/mol. The minimum Gasteiger partial charge on any atom is -0.107 e. The summed E-state index contributed by atoms with van der Waals surface area (Å²) >= 11 is 0. The van der Waals surface area contributed by atoms with Gasteiger partial charge in [-0.1, -0.05) is 59.2 Å². The van der Waals surface area contributed by atoms with Crippen molar-refractivity contribution in [3.63, 3.8) is 0 Å². The van der Waals surface area contributed by atoms with E-state index in [-0.39, 0.29) is 0 Å². The highest BCUT2D eigenvalue weighted by Gasteiger charge is 1.72. The van der Waals surface area contributed by atoms with Gasteiger partial charge in [0.25, 0.3) is 0 Å². The van der Waals surface area contributed by atoms with E-state index in [1.165, 1.54) is 16.7 Å². The first-order valence-corrected chi connectivity index (χ1v) is 6.57. The van der Waals surface area contributed by atoms with E-state index in [2.05, 4.69) is 70.7 Å². The normalized spacial score (nSPS) is 7.32. The zero-order valence-corrected chi connectivity index (χ0v) is 13.5. The van der Waals surface area contributed by atoms with Crippen LogP contribution in [-0.4, -0.2) is 0 Å². The largest absolute Gasteiger partial charge is 0.107 e. The third kappa shape index (κ3) is 22.0. The van der Waals surface area contributed by atoms with Gasteiger partial charge < -0.3 is 0 Å². The smallest absolute Gasteiger partial charge is 0.00271 e. The van der Waals surface area contributed by atoms with Gasteiger partial charge in [-0.2, -0.15) is 0 Å². The summed E-state index contributed by atoms with van der Waals surface area (Å²) in [4.78, 5) is 0. The molecule has 0 spiro atoms. The number of benzene rings is 1. The van der Waals surface area contributed by atoms with Crippen LogP contribution in [0.15, 0.2) is 53.6 Å². The average molecular weight is 256 g/mol. The zero-order valence-electron chi connectivity index (χ0n) is 13.5. The number of rotatable bonds is 1. The highest BCUT2D eigenvalue weighted by molar-refractivity contribution is 5.12. The lowest BCUT2D eigenvalue weighted by atomic mass is 10.2. The molecule has 0 fully saturated rings. The molecule has 0 aliphatic carbocycles. The summed E-state index contributed by atoms with van der Waals surface area (Å²) in [5, 5.41) is 0. The first kappa shape index (κ1) is 19.6. The first-order valence-electron chi connectivity index (χ1n) is 6.57. The summed E-state index contributed by atoms with van der Waals surface area (Å²) < 4.78 is 0. The van der Waals surface area contributed by atoms with Crippen LogP contribution < -0.4 is 0 Å². The second-order valence-electron chi connectivity index (χ2n) is 4.64. The van der Waals surface area contributed by atoms with E-state index in [0.29, 0.717) is 0 Å². The predicted octanol–water partition coefficient (Wildman–Crippen LogP) is 5.94. The van der Waals surface area contributed by atoms with Crippen LogP contribution in [0.2, 0.25) is 0 Å². The van der Waals surface area contributed by atoms with Crippen LogP contribution in [0.25, 0.3) is 0 Å². The van der Waals surface area contributed by atoms with Crippen molar-refractivity contribution >= 4 is 0 Å². The standard InChI is InChI=1S/C8H14.C7H8.C4H6/c1-7(2)5-6-8(3)4;1-7-5-3-2-4-6-7;1-3-4-2/h5-6H,1-4H3;2-6H,1H3;1-2H3. The fourth-order valence-electron chi connectivity index (χ4n) is 0.868. The van der Waals surface area contributed by atoms with E-state index < -0.39 is 0 Å². The molecule has 0 saturated carbocycles. The van der Waals surface area contributed by atoms with Crippen LogP contribution in [0.3, 0.4) is 0 Å². The summed E-state index contributed by atoms with van der Waals surface area (Å²) in [6.45, 7) is 14.1. The quantitative estimate of drug-likeness (QED) is 0.430. The molecule has 0 nitrogen and oxygen atoms in total. The summed E-state index contributed by atoms with van der Waals surface area (Å²) in [6, 6.07) is 10.3. The van der Waals surface area contributed by atoms with Crippen molar-refractivity contribution in [2.75, 3.05) is 0 Å². The molecule has 1 rings (SSSR count). The highest BCUT2D eigenvalue weighted by Crippen LogP contribution is 1.93. The van der Waals surface area contributed by atoms with Crippen LogP contribution in [-0.2, 0) is 0 Å². The molecule has 19 heavy (non-hydrogen) atoms. The van der Waals surface area contributed by atoms with Gasteiger partial charge in [0.05, 0.1) is 0 Å². The Bertz CT molecular complexity index is 392. The Hall–Kier alpha value is -1.74. The van der Waals surface area contributed by atoms with Crippen molar-refractivity contribution in [2.45, 2.75) is 48.5 Å². The Balaban J connectivity index is 0. The maximum absolute atomic E-state index is 2.68. The summed E-state index contributed by atoms with van der Waals surface area (Å²) in [5.41, 5.74) is 4.03. The molecule has 0 bridgehead atoms. The Kier molecular flexibility index (Phi) is 14.8. The van der Waals surface area contributed by atoms with Crippen LogP contribution >= 0.6 is 0 Å². The third-order valence-corrected chi connectivity index (χ3v) is 1.94. The number of hydrogen-bond donors (Lipinski definition) is 0. The maximum Gasteiger partial charge on any atom is -0.00271 e. The lowest BCUT2D eigenvalue weighted by molar-refractivity contribution is 1.35. The number of allylic oxidation sites excluding steroid dienone is 4. The topological polar surface area (TPSA) is 0 Å². The Labute approximate surface area is 120 Å². The second-order valence-corrected chi connectivity index (χ2v) is 4.64. The van der Waals surface area contributed by atoms with Gasteiger partial charge in [0, 0.05) is 0 Å². The van der Waals surface area contributed by atoms with Crippen molar-refractivity contribution in [2.24, 2.45) is 0 Å². The van der Waals surface area contributed by atoms with E-state index in [1.807, 2.05) is 32.0 Å². The van der Waals surface area contributed by atoms with E-state index in [0.717, 1.165) is 0 Å². The molecule has 0 aliphatic rings. The molecule has 0 aromatic heterocycles. The Morgan fingerprint density at radius 3 is 1.32 bits per heavy atom. The molecule has 0 unspecified atom stereocenters. The summed E-state index contributed by atoms with van der Waals surface area (Å²) in [7, 11) is 0.